The van der Waals surface area contributed by atoms with Gasteiger partial charge in [-0.15, -0.1) is 0 Å². The largest absolute Gasteiger partial charge is 0.462 e. The van der Waals surface area contributed by atoms with Gasteiger partial charge in [0.25, 0.3) is 0 Å². The van der Waals surface area contributed by atoms with Gasteiger partial charge in [-0.05, 0) is 61.5 Å². The first-order valence-electron chi connectivity index (χ1n) is 16.0. The molecule has 2 aliphatic carbocycles. The van der Waals surface area contributed by atoms with Gasteiger partial charge in [0.1, 0.15) is 11.1 Å². The fourth-order valence-electron chi connectivity index (χ4n) is 5.71. The monoisotopic (exact) mass is 782 g/mol. The SMILES string of the molecule is CCCCC1CC1CCOC(=O)c1c(Cl)c(Cl)cc(Cl)c1OC(=O)C(=O)Oc1c(Cl)cc(Cl)c(Cl)c1C(=O)OCCC1C[C@@H]1CCCC. The molecule has 14 heteroatoms. The Bertz CT molecular complexity index is 1430. The van der Waals surface area contributed by atoms with Crippen LogP contribution in [0.25, 0.3) is 0 Å². The second-order valence-electron chi connectivity index (χ2n) is 12.1. The Hall–Kier alpha value is -1.94. The second-order valence-corrected chi connectivity index (χ2v) is 14.5. The minimum Gasteiger partial charge on any atom is -0.462 e. The third-order valence-electron chi connectivity index (χ3n) is 8.66. The van der Waals surface area contributed by atoms with Crippen molar-refractivity contribution >= 4 is 93.5 Å². The molecule has 2 aliphatic rings. The van der Waals surface area contributed by atoms with Crippen molar-refractivity contribution in [3.05, 3.63) is 53.4 Å². The summed E-state index contributed by atoms with van der Waals surface area (Å²) in [4.78, 5) is 52.1. The molecule has 0 amide bonds. The maximum atomic E-state index is 13.1. The Kier molecular flexibility index (Phi) is 14.4. The van der Waals surface area contributed by atoms with Crippen LogP contribution >= 0.6 is 69.6 Å². The summed E-state index contributed by atoms with van der Waals surface area (Å²) in [6, 6.07) is 2.27. The fourth-order valence-corrected chi connectivity index (χ4v) is 7.15. The third-order valence-corrected chi connectivity index (χ3v) is 10.8. The molecule has 4 atom stereocenters. The van der Waals surface area contributed by atoms with Crippen LogP contribution in [0.15, 0.2) is 12.1 Å². The summed E-state index contributed by atoms with van der Waals surface area (Å²) in [5, 5.41) is -1.42. The zero-order valence-corrected chi connectivity index (χ0v) is 31.0. The van der Waals surface area contributed by atoms with Gasteiger partial charge in [-0.25, -0.2) is 19.2 Å². The number of ether oxygens (including phenoxy) is 4. The summed E-state index contributed by atoms with van der Waals surface area (Å²) in [5.41, 5.74) is -0.892. The number of hydrogen-bond acceptors (Lipinski definition) is 8. The smallest absolute Gasteiger partial charge is 0.423 e. The molecule has 2 aromatic rings. The quantitative estimate of drug-likeness (QED) is 0.0717. The molecule has 262 valence electrons. The summed E-state index contributed by atoms with van der Waals surface area (Å²) in [5.74, 6) is -4.13. The Labute approximate surface area is 309 Å². The summed E-state index contributed by atoms with van der Waals surface area (Å²) < 4.78 is 21.2. The predicted octanol–water partition coefficient (Wildman–Crippen LogP) is 10.9. The molecule has 0 heterocycles. The number of rotatable bonds is 16. The summed E-state index contributed by atoms with van der Waals surface area (Å²) in [6.45, 7) is 4.46. The number of carbonyl (C=O) groups is 4. The molecule has 3 unspecified atom stereocenters. The second kappa shape index (κ2) is 17.8. The van der Waals surface area contributed by atoms with Crippen LogP contribution in [0, 0.1) is 23.7 Å². The van der Waals surface area contributed by atoms with Gasteiger partial charge in [-0.3, -0.25) is 0 Å². The van der Waals surface area contributed by atoms with Crippen LogP contribution in [-0.2, 0) is 19.1 Å². The maximum Gasteiger partial charge on any atom is 0.423 e. The van der Waals surface area contributed by atoms with Crippen molar-refractivity contribution in [2.75, 3.05) is 13.2 Å². The highest BCUT2D eigenvalue weighted by molar-refractivity contribution is 6.47. The molecule has 4 rings (SSSR count). The Morgan fingerprint density at radius 2 is 0.938 bits per heavy atom. The number of benzene rings is 2. The molecule has 0 radical (unpaired) electrons. The molecule has 2 saturated carbocycles. The van der Waals surface area contributed by atoms with Crippen molar-refractivity contribution in [1.82, 2.24) is 0 Å². The number of hydrogen-bond donors (Lipinski definition) is 0. The molecule has 48 heavy (non-hydrogen) atoms. The van der Waals surface area contributed by atoms with E-state index in [1.54, 1.807) is 0 Å². The molecule has 2 fully saturated rings. The van der Waals surface area contributed by atoms with Crippen molar-refractivity contribution in [1.29, 1.82) is 0 Å². The van der Waals surface area contributed by atoms with Crippen LogP contribution < -0.4 is 9.47 Å². The number of esters is 4. The molecule has 0 bridgehead atoms. The van der Waals surface area contributed by atoms with Crippen molar-refractivity contribution in [2.24, 2.45) is 23.7 Å². The Balaban J connectivity index is 1.43. The molecule has 0 saturated heterocycles. The van der Waals surface area contributed by atoms with E-state index in [2.05, 4.69) is 13.8 Å². The molecule has 0 spiro atoms. The van der Waals surface area contributed by atoms with Gasteiger partial charge in [-0.2, -0.15) is 0 Å². The van der Waals surface area contributed by atoms with E-state index < -0.39 is 46.5 Å². The van der Waals surface area contributed by atoms with Gasteiger partial charge in [0.15, 0.2) is 11.5 Å². The van der Waals surface area contributed by atoms with E-state index in [1.807, 2.05) is 0 Å². The molecule has 0 aromatic heterocycles. The zero-order chi connectivity index (χ0) is 35.1. The lowest BCUT2D eigenvalue weighted by Gasteiger charge is -2.15. The van der Waals surface area contributed by atoms with Gasteiger partial charge < -0.3 is 18.9 Å². The first kappa shape index (κ1) is 38.9. The van der Waals surface area contributed by atoms with Gasteiger partial charge in [0, 0.05) is 0 Å². The molecule has 2 aromatic carbocycles. The average Bonchev–Trinajstić information content (AvgIpc) is 3.97. The molecule has 0 aliphatic heterocycles. The van der Waals surface area contributed by atoms with Crippen LogP contribution in [0.5, 0.6) is 11.5 Å². The summed E-state index contributed by atoms with van der Waals surface area (Å²) >= 11 is 37.4. The van der Waals surface area contributed by atoms with Crippen LogP contribution in [0.4, 0.5) is 0 Å². The van der Waals surface area contributed by atoms with Gasteiger partial charge in [0.2, 0.25) is 0 Å². The average molecular weight is 785 g/mol. The highest BCUT2D eigenvalue weighted by atomic mass is 35.5. The minimum absolute atomic E-state index is 0.0941. The first-order valence-corrected chi connectivity index (χ1v) is 18.3. The number of unbranched alkanes of at least 4 members (excludes halogenated alkanes) is 2. The fraction of sp³-hybridized carbons (Fsp3) is 0.529. The van der Waals surface area contributed by atoms with E-state index >= 15 is 0 Å². The summed E-state index contributed by atoms with van der Waals surface area (Å²) in [6.07, 6.45) is 10.3. The molecule has 8 nitrogen and oxygen atoms in total. The first-order chi connectivity index (χ1) is 22.9. The topological polar surface area (TPSA) is 105 Å². The highest BCUT2D eigenvalue weighted by Crippen LogP contribution is 2.46. The minimum atomic E-state index is -1.63. The van der Waals surface area contributed by atoms with Crippen molar-refractivity contribution in [3.63, 3.8) is 0 Å². The lowest BCUT2D eigenvalue weighted by atomic mass is 10.1. The highest BCUT2D eigenvalue weighted by Gasteiger charge is 2.37. The van der Waals surface area contributed by atoms with Crippen LogP contribution in [0.2, 0.25) is 30.1 Å². The van der Waals surface area contributed by atoms with E-state index in [0.29, 0.717) is 36.5 Å². The van der Waals surface area contributed by atoms with E-state index in [9.17, 15) is 19.2 Å². The van der Waals surface area contributed by atoms with Gasteiger partial charge in [0.05, 0.1) is 43.3 Å². The molecule has 0 N–H and O–H groups in total. The zero-order valence-electron chi connectivity index (χ0n) is 26.5. The van der Waals surface area contributed by atoms with Crippen molar-refractivity contribution in [3.8, 4) is 11.5 Å². The van der Waals surface area contributed by atoms with E-state index in [-0.39, 0.29) is 43.3 Å². The molecular weight excluding hydrogens is 749 g/mol. The number of halogens is 6. The van der Waals surface area contributed by atoms with Crippen molar-refractivity contribution in [2.45, 2.75) is 78.1 Å². The normalized spacial score (nSPS) is 19.4. The third kappa shape index (κ3) is 10.1. The van der Waals surface area contributed by atoms with E-state index in [0.717, 1.165) is 63.5 Å². The van der Waals surface area contributed by atoms with Crippen LogP contribution in [-0.4, -0.2) is 37.1 Å². The van der Waals surface area contributed by atoms with Gasteiger partial charge in [-0.1, -0.05) is 122 Å². The van der Waals surface area contributed by atoms with Crippen LogP contribution in [0.3, 0.4) is 0 Å². The van der Waals surface area contributed by atoms with E-state index in [1.165, 1.54) is 0 Å². The predicted molar refractivity (Wildman–Crippen MR) is 186 cm³/mol. The van der Waals surface area contributed by atoms with E-state index in [4.69, 9.17) is 88.6 Å². The van der Waals surface area contributed by atoms with Crippen molar-refractivity contribution < 1.29 is 38.1 Å². The Morgan fingerprint density at radius 3 is 1.29 bits per heavy atom. The maximum absolute atomic E-state index is 13.1. The Morgan fingerprint density at radius 1 is 0.583 bits per heavy atom. The summed E-state index contributed by atoms with van der Waals surface area (Å²) in [7, 11) is 0. The standard InChI is InChI=1S/C34H36Cl6O8/c1-3-5-7-17-13-19(17)9-11-45-31(41)25-27(39)21(35)15-23(37)29(25)47-33(43)34(44)48-30-24(38)16-22(36)28(40)26(30)32(42)46-12-10-20-14-18(20)8-6-4-2/h15-20H,3-14H2,1-2H3/t17-,18?,19?,20?/m0/s1. The molecular formula is C34H36Cl6O8. The number of carbonyl (C=O) groups excluding carboxylic acids is 4. The van der Waals surface area contributed by atoms with Gasteiger partial charge >= 0.3 is 23.9 Å². The van der Waals surface area contributed by atoms with Crippen LogP contribution in [0.1, 0.15) is 98.8 Å². The lowest BCUT2D eigenvalue weighted by Crippen LogP contribution is -2.27. The lowest BCUT2D eigenvalue weighted by molar-refractivity contribution is -0.156.